The molecule has 5 heteroatoms. The molecule has 1 saturated carbocycles. The van der Waals surface area contributed by atoms with Crippen LogP contribution in [-0.4, -0.2) is 30.6 Å². The Morgan fingerprint density at radius 3 is 2.69 bits per heavy atom. The topological polar surface area (TPSA) is 71.2 Å². The Balaban J connectivity index is 1.52. The van der Waals surface area contributed by atoms with E-state index >= 15 is 0 Å². The largest absolute Gasteiger partial charge is 0.496 e. The summed E-state index contributed by atoms with van der Waals surface area (Å²) in [5, 5.41) is 9.92. The van der Waals surface area contributed by atoms with Gasteiger partial charge in [-0.3, -0.25) is 9.98 Å². The number of carbonyl (C=O) groups is 1. The van der Waals surface area contributed by atoms with Crippen LogP contribution in [0.3, 0.4) is 0 Å². The number of methoxy groups -OCH3 is 1. The molecule has 35 heavy (non-hydrogen) atoms. The second-order valence-electron chi connectivity index (χ2n) is 10.5. The molecule has 2 aromatic carbocycles. The van der Waals surface area contributed by atoms with E-state index < -0.39 is 5.97 Å². The van der Waals surface area contributed by atoms with E-state index in [4.69, 9.17) is 9.73 Å². The van der Waals surface area contributed by atoms with Gasteiger partial charge in [0.1, 0.15) is 11.3 Å². The van der Waals surface area contributed by atoms with E-state index in [2.05, 4.69) is 43.3 Å². The van der Waals surface area contributed by atoms with Crippen LogP contribution in [0.15, 0.2) is 34.3 Å². The van der Waals surface area contributed by atoms with Gasteiger partial charge in [-0.15, -0.1) is 0 Å². The van der Waals surface area contributed by atoms with Crippen molar-refractivity contribution in [1.29, 1.82) is 0 Å². The molecule has 0 aromatic heterocycles. The van der Waals surface area contributed by atoms with E-state index in [1.807, 2.05) is 12.3 Å². The van der Waals surface area contributed by atoms with E-state index in [0.29, 0.717) is 23.3 Å². The molecule has 3 aliphatic rings. The number of carboxylic acids is 1. The van der Waals surface area contributed by atoms with Crippen molar-refractivity contribution in [3.8, 4) is 16.9 Å². The van der Waals surface area contributed by atoms with Crippen molar-refractivity contribution in [2.24, 2.45) is 27.7 Å². The highest BCUT2D eigenvalue weighted by atomic mass is 16.5. The first-order valence-electron chi connectivity index (χ1n) is 13.2. The van der Waals surface area contributed by atoms with Gasteiger partial charge >= 0.3 is 5.97 Å². The van der Waals surface area contributed by atoms with Gasteiger partial charge < -0.3 is 9.84 Å². The lowest BCUT2D eigenvalue weighted by atomic mass is 9.73. The molecule has 0 saturated heterocycles. The Morgan fingerprint density at radius 2 is 1.97 bits per heavy atom. The zero-order valence-corrected chi connectivity index (χ0v) is 21.1. The molecule has 1 fully saturated rings. The summed E-state index contributed by atoms with van der Waals surface area (Å²) in [6, 6.07) is 8.43. The zero-order chi connectivity index (χ0) is 24.5. The Morgan fingerprint density at radius 1 is 1.17 bits per heavy atom. The predicted octanol–water partition coefficient (Wildman–Crippen LogP) is 7.75. The number of fused-ring (bicyclic) bond motifs is 2. The molecule has 184 valence electrons. The number of nitrogens with zero attached hydrogens (tertiary/aromatic N) is 2. The molecule has 1 aliphatic carbocycles. The maximum atomic E-state index is 12.1. The third-order valence-corrected chi connectivity index (χ3v) is 8.57. The van der Waals surface area contributed by atoms with Crippen LogP contribution in [-0.2, 0) is 6.42 Å². The number of ether oxygens (including phenoxy) is 1. The van der Waals surface area contributed by atoms with Crippen molar-refractivity contribution in [3.63, 3.8) is 0 Å². The Labute approximate surface area is 208 Å². The quantitative estimate of drug-likeness (QED) is 0.467. The number of hydrogen-bond acceptors (Lipinski definition) is 4. The number of aromatic carboxylic acids is 1. The minimum Gasteiger partial charge on any atom is -0.496 e. The first kappa shape index (κ1) is 23.8. The fourth-order valence-corrected chi connectivity index (χ4v) is 6.41. The van der Waals surface area contributed by atoms with Gasteiger partial charge in [0.2, 0.25) is 0 Å². The number of carboxylic acid groups (broad SMARTS) is 1. The Hall–Kier alpha value is -2.95. The van der Waals surface area contributed by atoms with Gasteiger partial charge in [-0.25, -0.2) is 4.79 Å². The van der Waals surface area contributed by atoms with Gasteiger partial charge in [0.15, 0.2) is 0 Å². The van der Waals surface area contributed by atoms with E-state index in [1.165, 1.54) is 44.8 Å². The molecule has 1 N–H and O–H groups in total. The summed E-state index contributed by atoms with van der Waals surface area (Å²) in [5.74, 6) is 1.54. The number of hydrogen-bond donors (Lipinski definition) is 1. The molecule has 3 atom stereocenters. The second-order valence-corrected chi connectivity index (χ2v) is 10.5. The summed E-state index contributed by atoms with van der Waals surface area (Å²) in [4.78, 5) is 21.6. The summed E-state index contributed by atoms with van der Waals surface area (Å²) < 4.78 is 5.53. The van der Waals surface area contributed by atoms with Gasteiger partial charge in [0, 0.05) is 18.3 Å². The van der Waals surface area contributed by atoms with Crippen molar-refractivity contribution >= 4 is 29.8 Å². The fourth-order valence-electron chi connectivity index (χ4n) is 6.41. The molecule has 0 spiro atoms. The number of aliphatic imine (C=N–C) groups is 2. The maximum Gasteiger partial charge on any atom is 0.341 e. The van der Waals surface area contributed by atoms with E-state index in [1.54, 1.807) is 0 Å². The fraction of sp³-hybridized carbons (Fsp3) is 0.500. The molecule has 5 rings (SSSR count). The minimum absolute atomic E-state index is 0.149. The van der Waals surface area contributed by atoms with Crippen LogP contribution in [0.1, 0.15) is 86.2 Å². The molecule has 2 heterocycles. The SMILES string of the molecule is CCC1CC=Nc2c(C(=O)O)c(OC)cc(-c3ccc4c(c3)N=CC(C(C)C3CCCCC3)C4)c21. The van der Waals surface area contributed by atoms with Gasteiger partial charge in [-0.2, -0.15) is 0 Å². The Kier molecular flexibility index (Phi) is 6.77. The second kappa shape index (κ2) is 9.96. The monoisotopic (exact) mass is 472 g/mol. The normalized spacial score (nSPS) is 22.4. The molecule has 2 aliphatic heterocycles. The number of rotatable bonds is 6. The smallest absolute Gasteiger partial charge is 0.341 e. The molecule has 2 aromatic rings. The van der Waals surface area contributed by atoms with Crippen molar-refractivity contribution in [2.75, 3.05) is 7.11 Å². The van der Waals surface area contributed by atoms with Gasteiger partial charge in [-0.1, -0.05) is 58.1 Å². The predicted molar refractivity (Wildman–Crippen MR) is 142 cm³/mol. The van der Waals surface area contributed by atoms with Crippen LogP contribution in [0, 0.1) is 17.8 Å². The number of benzene rings is 2. The summed E-state index contributed by atoms with van der Waals surface area (Å²) in [6.45, 7) is 4.56. The van der Waals surface area contributed by atoms with Crippen molar-refractivity contribution in [1.82, 2.24) is 0 Å². The highest BCUT2D eigenvalue weighted by Gasteiger charge is 2.31. The summed E-state index contributed by atoms with van der Waals surface area (Å²) in [7, 11) is 1.52. The van der Waals surface area contributed by atoms with Crippen LogP contribution in [0.2, 0.25) is 0 Å². The van der Waals surface area contributed by atoms with Crippen molar-refractivity contribution in [3.05, 3.63) is 41.0 Å². The first-order chi connectivity index (χ1) is 17.0. The highest BCUT2D eigenvalue weighted by Crippen LogP contribution is 2.48. The highest BCUT2D eigenvalue weighted by molar-refractivity contribution is 6.01. The maximum absolute atomic E-state index is 12.1. The first-order valence-corrected chi connectivity index (χ1v) is 13.2. The van der Waals surface area contributed by atoms with Crippen molar-refractivity contribution < 1.29 is 14.6 Å². The van der Waals surface area contributed by atoms with Gasteiger partial charge in [0.05, 0.1) is 18.5 Å². The summed E-state index contributed by atoms with van der Waals surface area (Å²) in [5.41, 5.74) is 6.07. The van der Waals surface area contributed by atoms with E-state index in [9.17, 15) is 9.90 Å². The molecular formula is C30H36N2O3. The minimum atomic E-state index is -1.01. The van der Waals surface area contributed by atoms with Crippen molar-refractivity contribution in [2.45, 2.75) is 71.1 Å². The lowest BCUT2D eigenvalue weighted by molar-refractivity contribution is 0.0694. The zero-order valence-electron chi connectivity index (χ0n) is 21.1. The van der Waals surface area contributed by atoms with Crippen LogP contribution in [0.25, 0.3) is 11.1 Å². The van der Waals surface area contributed by atoms with Crippen LogP contribution >= 0.6 is 0 Å². The molecule has 5 nitrogen and oxygen atoms in total. The standard InChI is InChI=1S/C30H36N2O3/c1-4-19-12-13-31-29-27(19)24(16-26(35-3)28(29)30(33)34)21-10-11-22-14-23(17-32-25(22)15-21)18(2)20-8-6-5-7-9-20/h10-11,13,15-20,23H,4-9,12,14H2,1-3H3,(H,33,34). The van der Waals surface area contributed by atoms with Gasteiger partial charge in [-0.05, 0) is 71.4 Å². The summed E-state index contributed by atoms with van der Waals surface area (Å²) >= 11 is 0. The molecule has 0 radical (unpaired) electrons. The Bertz CT molecular complexity index is 1180. The molecule has 0 amide bonds. The third-order valence-electron chi connectivity index (χ3n) is 8.57. The van der Waals surface area contributed by atoms with Crippen LogP contribution < -0.4 is 4.74 Å². The molecule has 0 bridgehead atoms. The summed E-state index contributed by atoms with van der Waals surface area (Å²) in [6.07, 6.45) is 13.7. The lowest BCUT2D eigenvalue weighted by Gasteiger charge is -2.33. The third kappa shape index (κ3) is 4.41. The molecule has 3 unspecified atom stereocenters. The van der Waals surface area contributed by atoms with Gasteiger partial charge in [0.25, 0.3) is 0 Å². The lowest BCUT2D eigenvalue weighted by Crippen LogP contribution is -2.26. The van der Waals surface area contributed by atoms with Crippen LogP contribution in [0.5, 0.6) is 5.75 Å². The average Bonchev–Trinajstić information content (AvgIpc) is 2.90. The average molecular weight is 473 g/mol. The molecular weight excluding hydrogens is 436 g/mol. The van der Waals surface area contributed by atoms with Crippen LogP contribution in [0.4, 0.5) is 11.4 Å². The van der Waals surface area contributed by atoms with E-state index in [-0.39, 0.29) is 11.5 Å². The van der Waals surface area contributed by atoms with E-state index in [0.717, 1.165) is 47.6 Å².